The molecule has 0 aliphatic heterocycles. The number of carboxylic acids is 1. The van der Waals surface area contributed by atoms with Crippen molar-refractivity contribution in [1.82, 2.24) is 4.31 Å². The summed E-state index contributed by atoms with van der Waals surface area (Å²) in [5.41, 5.74) is -0.248. The number of hydrogen-bond acceptors (Lipinski definition) is 3. The molecular weight excluding hydrogens is 328 g/mol. The second kappa shape index (κ2) is 7.35. The lowest BCUT2D eigenvalue weighted by Crippen LogP contribution is -2.40. The Balaban J connectivity index is 2.28. The number of benzene rings is 1. The van der Waals surface area contributed by atoms with Crippen LogP contribution in [-0.4, -0.2) is 36.4 Å². The largest absolute Gasteiger partial charge is 0.481 e. The third-order valence-electron chi connectivity index (χ3n) is 4.02. The van der Waals surface area contributed by atoms with Crippen LogP contribution >= 0.6 is 0 Å². The lowest BCUT2D eigenvalue weighted by molar-refractivity contribution is -0.137. The molecule has 0 amide bonds. The fraction of sp³-hybridized carbons (Fsp3) is 0.533. The van der Waals surface area contributed by atoms with E-state index in [0.717, 1.165) is 37.1 Å². The van der Waals surface area contributed by atoms with E-state index in [1.54, 1.807) is 0 Å². The van der Waals surface area contributed by atoms with Crippen molar-refractivity contribution < 1.29 is 27.1 Å². The molecule has 0 bridgehead atoms. The molecule has 1 fully saturated rings. The van der Waals surface area contributed by atoms with Crippen LogP contribution in [0.4, 0.5) is 8.78 Å². The number of nitrogens with zero attached hydrogens (tertiary/aromatic N) is 1. The van der Waals surface area contributed by atoms with Crippen LogP contribution in [0.2, 0.25) is 0 Å². The van der Waals surface area contributed by atoms with Crippen LogP contribution in [0, 0.1) is 0 Å². The molecule has 8 heteroatoms. The van der Waals surface area contributed by atoms with Crippen LogP contribution in [0.25, 0.3) is 0 Å². The molecule has 1 aliphatic rings. The van der Waals surface area contributed by atoms with Crippen molar-refractivity contribution in [2.45, 2.75) is 49.5 Å². The predicted molar refractivity (Wildman–Crippen MR) is 79.8 cm³/mol. The molecule has 0 aromatic heterocycles. The van der Waals surface area contributed by atoms with Crippen molar-refractivity contribution in [2.75, 3.05) is 6.54 Å². The minimum Gasteiger partial charge on any atom is -0.481 e. The van der Waals surface area contributed by atoms with Gasteiger partial charge < -0.3 is 5.11 Å². The summed E-state index contributed by atoms with van der Waals surface area (Å²) in [5.74, 6) is -1.07. The number of hydrogen-bond donors (Lipinski definition) is 1. The van der Waals surface area contributed by atoms with Gasteiger partial charge in [0.1, 0.15) is 0 Å². The molecule has 1 saturated carbocycles. The summed E-state index contributed by atoms with van der Waals surface area (Å²) in [6.45, 7) is -0.112. The molecule has 1 N–H and O–H groups in total. The topological polar surface area (TPSA) is 74.7 Å². The number of carbonyl (C=O) groups is 1. The van der Waals surface area contributed by atoms with E-state index in [1.165, 1.54) is 4.31 Å². The highest BCUT2D eigenvalue weighted by atomic mass is 32.2. The maximum atomic E-state index is 12.8. The predicted octanol–water partition coefficient (Wildman–Crippen LogP) is 3.03. The fourth-order valence-corrected chi connectivity index (χ4v) is 4.50. The van der Waals surface area contributed by atoms with E-state index in [4.69, 9.17) is 5.11 Å². The highest BCUT2D eigenvalue weighted by molar-refractivity contribution is 7.89. The maximum Gasteiger partial charge on any atom is 0.304 e. The van der Waals surface area contributed by atoms with Gasteiger partial charge in [0.05, 0.1) is 11.3 Å². The minimum atomic E-state index is -3.90. The van der Waals surface area contributed by atoms with E-state index in [2.05, 4.69) is 0 Å². The van der Waals surface area contributed by atoms with Crippen LogP contribution in [-0.2, 0) is 14.8 Å². The number of alkyl halides is 2. The molecule has 0 heterocycles. The van der Waals surface area contributed by atoms with E-state index >= 15 is 0 Å². The van der Waals surface area contributed by atoms with Crippen molar-refractivity contribution in [3.63, 3.8) is 0 Å². The van der Waals surface area contributed by atoms with Crippen LogP contribution in [0.5, 0.6) is 0 Å². The molecule has 1 aromatic rings. The van der Waals surface area contributed by atoms with Crippen molar-refractivity contribution in [2.24, 2.45) is 0 Å². The van der Waals surface area contributed by atoms with Gasteiger partial charge in [0.15, 0.2) is 0 Å². The van der Waals surface area contributed by atoms with Gasteiger partial charge in [0.25, 0.3) is 6.43 Å². The van der Waals surface area contributed by atoms with Crippen LogP contribution in [0.3, 0.4) is 0 Å². The number of rotatable bonds is 7. The van der Waals surface area contributed by atoms with Gasteiger partial charge in [-0.2, -0.15) is 4.31 Å². The SMILES string of the molecule is O=C(O)CCN(C1CCCC1)S(=O)(=O)c1ccc(C(F)F)cc1. The van der Waals surface area contributed by atoms with Gasteiger partial charge >= 0.3 is 5.97 Å². The molecule has 1 aliphatic carbocycles. The Morgan fingerprint density at radius 1 is 1.22 bits per heavy atom. The van der Waals surface area contributed by atoms with Gasteiger partial charge in [-0.3, -0.25) is 4.79 Å². The Morgan fingerprint density at radius 3 is 2.26 bits per heavy atom. The first-order chi connectivity index (χ1) is 10.8. The first-order valence-corrected chi connectivity index (χ1v) is 8.88. The van der Waals surface area contributed by atoms with Gasteiger partial charge in [-0.1, -0.05) is 25.0 Å². The summed E-state index contributed by atoms with van der Waals surface area (Å²) >= 11 is 0. The van der Waals surface area contributed by atoms with Crippen LogP contribution in [0.1, 0.15) is 44.1 Å². The monoisotopic (exact) mass is 347 g/mol. The third kappa shape index (κ3) is 4.26. The van der Waals surface area contributed by atoms with Crippen molar-refractivity contribution in [3.05, 3.63) is 29.8 Å². The van der Waals surface area contributed by atoms with Gasteiger partial charge in [0.2, 0.25) is 10.0 Å². The normalized spacial score (nSPS) is 16.3. The zero-order valence-corrected chi connectivity index (χ0v) is 13.3. The van der Waals surface area contributed by atoms with E-state index in [1.807, 2.05) is 0 Å². The summed E-state index contributed by atoms with van der Waals surface area (Å²) < 4.78 is 51.9. The average Bonchev–Trinajstić information content (AvgIpc) is 3.01. The molecule has 0 radical (unpaired) electrons. The van der Waals surface area contributed by atoms with Gasteiger partial charge in [0, 0.05) is 18.2 Å². The van der Waals surface area contributed by atoms with Gasteiger partial charge in [-0.25, -0.2) is 17.2 Å². The summed E-state index contributed by atoms with van der Waals surface area (Å²) in [7, 11) is -3.90. The zero-order valence-electron chi connectivity index (χ0n) is 12.5. The first kappa shape index (κ1) is 17.8. The smallest absolute Gasteiger partial charge is 0.304 e. The third-order valence-corrected chi connectivity index (χ3v) is 5.98. The zero-order chi connectivity index (χ0) is 17.0. The fourth-order valence-electron chi connectivity index (χ4n) is 2.82. The molecule has 0 atom stereocenters. The van der Waals surface area contributed by atoms with Gasteiger partial charge in [-0.05, 0) is 25.0 Å². The lowest BCUT2D eigenvalue weighted by atomic mass is 10.2. The van der Waals surface area contributed by atoms with Crippen LogP contribution < -0.4 is 0 Å². The minimum absolute atomic E-state index is 0.0841. The number of aliphatic carboxylic acids is 1. The quantitative estimate of drug-likeness (QED) is 0.823. The maximum absolute atomic E-state index is 12.8. The van der Waals surface area contributed by atoms with Crippen molar-refractivity contribution >= 4 is 16.0 Å². The van der Waals surface area contributed by atoms with Crippen molar-refractivity contribution in [1.29, 1.82) is 0 Å². The molecule has 128 valence electrons. The second-order valence-corrected chi connectivity index (χ2v) is 7.46. The Labute approximate surface area is 134 Å². The Bertz CT molecular complexity index is 640. The number of sulfonamides is 1. The molecule has 2 rings (SSSR count). The standard InChI is InChI=1S/C15H19F2NO4S/c16-15(17)11-5-7-13(8-6-11)23(21,22)18(10-9-14(19)20)12-3-1-2-4-12/h5-8,12,15H,1-4,9-10H2,(H,19,20). The summed E-state index contributed by atoms with van der Waals surface area (Å²) in [5, 5.41) is 8.83. The van der Waals surface area contributed by atoms with Crippen molar-refractivity contribution in [3.8, 4) is 0 Å². The Hall–Kier alpha value is -1.54. The lowest BCUT2D eigenvalue weighted by Gasteiger charge is -2.27. The summed E-state index contributed by atoms with van der Waals surface area (Å²) in [6.07, 6.45) is 0.222. The molecule has 0 spiro atoms. The van der Waals surface area contributed by atoms with E-state index in [-0.39, 0.29) is 29.5 Å². The summed E-state index contributed by atoms with van der Waals surface area (Å²) in [4.78, 5) is 10.7. The number of halogens is 2. The molecule has 1 aromatic carbocycles. The molecular formula is C15H19F2NO4S. The van der Waals surface area contributed by atoms with E-state index in [0.29, 0.717) is 12.8 Å². The highest BCUT2D eigenvalue weighted by Gasteiger charge is 2.33. The van der Waals surface area contributed by atoms with Crippen LogP contribution in [0.15, 0.2) is 29.2 Å². The average molecular weight is 347 g/mol. The number of carboxylic acid groups (broad SMARTS) is 1. The molecule has 0 saturated heterocycles. The molecule has 0 unspecified atom stereocenters. The summed E-state index contributed by atoms with van der Waals surface area (Å²) in [6, 6.07) is 4.25. The molecule has 5 nitrogen and oxygen atoms in total. The molecule has 23 heavy (non-hydrogen) atoms. The Morgan fingerprint density at radius 2 is 1.78 bits per heavy atom. The highest BCUT2D eigenvalue weighted by Crippen LogP contribution is 2.29. The van der Waals surface area contributed by atoms with E-state index in [9.17, 15) is 22.0 Å². The first-order valence-electron chi connectivity index (χ1n) is 7.44. The van der Waals surface area contributed by atoms with E-state index < -0.39 is 22.4 Å². The van der Waals surface area contributed by atoms with Gasteiger partial charge in [-0.15, -0.1) is 0 Å². The Kier molecular flexibility index (Phi) is 5.69. The second-order valence-electron chi connectivity index (χ2n) is 5.57.